The predicted molar refractivity (Wildman–Crippen MR) is 199 cm³/mol. The van der Waals surface area contributed by atoms with Gasteiger partial charge in [-0.15, -0.1) is 12.3 Å². The summed E-state index contributed by atoms with van der Waals surface area (Å²) in [4.78, 5) is 29.1. The summed E-state index contributed by atoms with van der Waals surface area (Å²) in [5.74, 6) is 3.37. The average molecular weight is 652 g/mol. The highest BCUT2D eigenvalue weighted by Gasteiger charge is 2.31. The minimum atomic E-state index is -0.475. The van der Waals surface area contributed by atoms with Crippen molar-refractivity contribution in [3.05, 3.63) is 70.3 Å². The van der Waals surface area contributed by atoms with Crippen LogP contribution < -0.4 is 4.90 Å². The van der Waals surface area contributed by atoms with Crippen LogP contribution in [0.1, 0.15) is 104 Å². The SMILES string of the molecule is C#CCC.C/C=C(/C)c1c(C)ncnc1N1CCN(C(=O)OC(C)(C)C)CC1C.CC=N/C=C\C.CCCc1cccc(Cl)c1C. The molecule has 0 aliphatic carbocycles. The molecule has 1 aliphatic heterocycles. The lowest BCUT2D eigenvalue weighted by atomic mass is 10.0. The van der Waals surface area contributed by atoms with E-state index in [-0.39, 0.29) is 12.1 Å². The topological polar surface area (TPSA) is 70.9 Å². The number of carbonyl (C=O) groups excluding carboxylic acids is 1. The number of hydrogen-bond donors (Lipinski definition) is 0. The highest BCUT2D eigenvalue weighted by atomic mass is 35.5. The monoisotopic (exact) mass is 651 g/mol. The number of aromatic nitrogens is 2. The number of ether oxygens (including phenoxy) is 1. The number of piperazine rings is 1. The van der Waals surface area contributed by atoms with Crippen LogP contribution in [0.3, 0.4) is 0 Å². The molecule has 1 aromatic heterocycles. The zero-order chi connectivity index (χ0) is 35.3. The van der Waals surface area contributed by atoms with E-state index in [4.69, 9.17) is 22.8 Å². The average Bonchev–Trinajstić information content (AvgIpc) is 3.01. The number of terminal acetylenes is 1. The van der Waals surface area contributed by atoms with Crippen molar-refractivity contribution in [2.75, 3.05) is 24.5 Å². The number of benzene rings is 1. The van der Waals surface area contributed by atoms with Gasteiger partial charge in [0, 0.05) is 55.1 Å². The zero-order valence-corrected chi connectivity index (χ0v) is 31.2. The molecule has 3 rings (SSSR count). The molecule has 2 aromatic rings. The summed E-state index contributed by atoms with van der Waals surface area (Å²) in [7, 11) is 0. The van der Waals surface area contributed by atoms with Gasteiger partial charge in [0.15, 0.2) is 0 Å². The van der Waals surface area contributed by atoms with E-state index in [1.807, 2.05) is 73.6 Å². The van der Waals surface area contributed by atoms with E-state index in [9.17, 15) is 4.79 Å². The van der Waals surface area contributed by atoms with Crippen molar-refractivity contribution >= 4 is 35.3 Å². The second kappa shape index (κ2) is 22.8. The number of aryl methyl sites for hydroxylation is 2. The number of anilines is 1. The Hall–Kier alpha value is -3.63. The molecule has 0 saturated carbocycles. The van der Waals surface area contributed by atoms with Crippen molar-refractivity contribution in [2.24, 2.45) is 4.99 Å². The van der Waals surface area contributed by atoms with Crippen LogP contribution in [0.5, 0.6) is 0 Å². The van der Waals surface area contributed by atoms with Crippen LogP contribution in [0, 0.1) is 26.2 Å². The largest absolute Gasteiger partial charge is 0.444 e. The molecule has 1 saturated heterocycles. The van der Waals surface area contributed by atoms with Crippen molar-refractivity contribution in [1.29, 1.82) is 0 Å². The van der Waals surface area contributed by atoms with Gasteiger partial charge < -0.3 is 14.5 Å². The molecule has 1 aromatic carbocycles. The Morgan fingerprint density at radius 3 is 2.30 bits per heavy atom. The molecule has 254 valence electrons. The van der Waals surface area contributed by atoms with E-state index < -0.39 is 5.60 Å². The van der Waals surface area contributed by atoms with Gasteiger partial charge in [-0.2, -0.15) is 0 Å². The normalized spacial score (nSPS) is 14.8. The molecule has 0 N–H and O–H groups in total. The van der Waals surface area contributed by atoms with E-state index >= 15 is 0 Å². The molecule has 1 atom stereocenters. The standard InChI is InChI=1S/C19H30N4O2.C10H13Cl.C5H9N.C4H6/c1-8-13(2)16-15(4)20-12-21-17(16)23-10-9-22(11-14(23)3)18(24)25-19(5,6)7;1-3-5-9-6-4-7-10(11)8(9)2;1-3-5-6-4-2;1-3-4-2/h8,12,14H,9-11H2,1-7H3;4,6-7H,3,5H2,1-2H3;3-5H,1-2H3;1H,4H2,2H3/b13-8-;;5-3-,6-4?;. The van der Waals surface area contributed by atoms with Crippen LogP contribution in [0.2, 0.25) is 5.02 Å². The molecule has 0 spiro atoms. The number of hydrogen-bond acceptors (Lipinski definition) is 6. The third kappa shape index (κ3) is 15.6. The number of nitrogens with zero attached hydrogens (tertiary/aromatic N) is 5. The summed E-state index contributed by atoms with van der Waals surface area (Å²) in [5, 5.41) is 0.885. The van der Waals surface area contributed by atoms with E-state index in [1.54, 1.807) is 23.6 Å². The molecular formula is C38H58ClN5O2. The van der Waals surface area contributed by atoms with Crippen LogP contribution in [-0.4, -0.2) is 58.5 Å². The fourth-order valence-electron chi connectivity index (χ4n) is 4.41. The zero-order valence-electron chi connectivity index (χ0n) is 30.4. The fourth-order valence-corrected chi connectivity index (χ4v) is 4.61. The first-order chi connectivity index (χ1) is 21.7. The van der Waals surface area contributed by atoms with E-state index in [1.165, 1.54) is 17.5 Å². The quantitative estimate of drug-likeness (QED) is 0.238. The second-order valence-corrected chi connectivity index (χ2v) is 12.2. The second-order valence-electron chi connectivity index (χ2n) is 11.8. The molecule has 0 bridgehead atoms. The predicted octanol–water partition coefficient (Wildman–Crippen LogP) is 9.90. The van der Waals surface area contributed by atoms with Crippen molar-refractivity contribution in [3.63, 3.8) is 0 Å². The van der Waals surface area contributed by atoms with Crippen molar-refractivity contribution in [1.82, 2.24) is 14.9 Å². The Kier molecular flexibility index (Phi) is 21.0. The van der Waals surface area contributed by atoms with Gasteiger partial charge in [-0.1, -0.05) is 56.2 Å². The van der Waals surface area contributed by atoms with Crippen LogP contribution in [0.15, 0.2) is 47.9 Å². The van der Waals surface area contributed by atoms with Crippen LogP contribution in [0.25, 0.3) is 5.57 Å². The number of amides is 1. The summed E-state index contributed by atoms with van der Waals surface area (Å²) in [6.45, 7) is 25.9. The third-order valence-corrected chi connectivity index (χ3v) is 7.29. The molecule has 8 heteroatoms. The first-order valence-electron chi connectivity index (χ1n) is 16.2. The van der Waals surface area contributed by atoms with Crippen molar-refractivity contribution in [2.45, 2.75) is 114 Å². The van der Waals surface area contributed by atoms with Crippen LogP contribution in [0.4, 0.5) is 10.6 Å². The number of carbonyl (C=O) groups is 1. The molecule has 2 heterocycles. The highest BCUT2D eigenvalue weighted by Crippen LogP contribution is 2.30. The lowest BCUT2D eigenvalue weighted by molar-refractivity contribution is 0.0218. The van der Waals surface area contributed by atoms with Gasteiger partial charge >= 0.3 is 6.09 Å². The Balaban J connectivity index is 0.000000787. The van der Waals surface area contributed by atoms with E-state index in [2.05, 4.69) is 65.6 Å². The Morgan fingerprint density at radius 2 is 1.83 bits per heavy atom. The molecule has 1 aliphatic rings. The molecule has 1 fully saturated rings. The lowest BCUT2D eigenvalue weighted by Gasteiger charge is -2.41. The first kappa shape index (κ1) is 42.4. The Labute approximate surface area is 285 Å². The molecule has 7 nitrogen and oxygen atoms in total. The van der Waals surface area contributed by atoms with E-state index in [0.29, 0.717) is 13.1 Å². The highest BCUT2D eigenvalue weighted by molar-refractivity contribution is 6.31. The number of aliphatic imine (C=N–C) groups is 1. The van der Waals surface area contributed by atoms with E-state index in [0.717, 1.165) is 47.1 Å². The molecule has 1 amide bonds. The third-order valence-electron chi connectivity index (χ3n) is 6.88. The molecular weight excluding hydrogens is 594 g/mol. The molecule has 0 radical (unpaired) electrons. The summed E-state index contributed by atoms with van der Waals surface area (Å²) in [5.41, 5.74) is 5.35. The minimum absolute atomic E-state index is 0.152. The van der Waals surface area contributed by atoms with Gasteiger partial charge in [0.05, 0.1) is 5.69 Å². The fraction of sp³-hybridized carbons (Fsp3) is 0.526. The summed E-state index contributed by atoms with van der Waals surface area (Å²) in [6.07, 6.45) is 16.8. The maximum absolute atomic E-state index is 12.3. The van der Waals surface area contributed by atoms with Crippen LogP contribution >= 0.6 is 11.6 Å². The van der Waals surface area contributed by atoms with Crippen LogP contribution in [-0.2, 0) is 11.2 Å². The van der Waals surface area contributed by atoms with Gasteiger partial charge in [0.2, 0.25) is 0 Å². The van der Waals surface area contributed by atoms with Gasteiger partial charge in [0.1, 0.15) is 17.7 Å². The first-order valence-corrected chi connectivity index (χ1v) is 16.6. The summed E-state index contributed by atoms with van der Waals surface area (Å²) >= 11 is 5.95. The number of halogens is 1. The molecule has 46 heavy (non-hydrogen) atoms. The van der Waals surface area contributed by atoms with Crippen molar-refractivity contribution in [3.8, 4) is 12.3 Å². The number of allylic oxidation sites excluding steroid dienone is 3. The number of rotatable bonds is 5. The lowest BCUT2D eigenvalue weighted by Crippen LogP contribution is -2.55. The summed E-state index contributed by atoms with van der Waals surface area (Å²) in [6, 6.07) is 6.25. The Morgan fingerprint density at radius 1 is 1.17 bits per heavy atom. The van der Waals surface area contributed by atoms with Gasteiger partial charge in [-0.25, -0.2) is 14.8 Å². The Bertz CT molecular complexity index is 1310. The summed E-state index contributed by atoms with van der Waals surface area (Å²) < 4.78 is 5.50. The van der Waals surface area contributed by atoms with Crippen molar-refractivity contribution < 1.29 is 9.53 Å². The minimum Gasteiger partial charge on any atom is -0.444 e. The van der Waals surface area contributed by atoms with Gasteiger partial charge in [-0.3, -0.25) is 4.99 Å². The maximum atomic E-state index is 12.3. The van der Waals surface area contributed by atoms with Gasteiger partial charge in [0.25, 0.3) is 0 Å². The van der Waals surface area contributed by atoms with Gasteiger partial charge in [-0.05, 0) is 98.4 Å². The smallest absolute Gasteiger partial charge is 0.410 e. The maximum Gasteiger partial charge on any atom is 0.410 e. The molecule has 1 unspecified atom stereocenters.